The van der Waals surface area contributed by atoms with Gasteiger partial charge >= 0.3 is 147 Å². The Hall–Kier alpha value is -2.79. The molecule has 0 bridgehead atoms. The predicted octanol–water partition coefficient (Wildman–Crippen LogP) is 7.10. The minimum atomic E-state index is -1.56. The Morgan fingerprint density at radius 1 is 0.676 bits per heavy atom. The number of carbonyl (C=O) groups is 1. The second-order valence-electron chi connectivity index (χ2n) is 9.46. The van der Waals surface area contributed by atoms with Crippen LogP contribution in [-0.2, 0) is 18.7 Å². The van der Waals surface area contributed by atoms with Crippen LogP contribution in [0.2, 0.25) is 0 Å². The second kappa shape index (κ2) is 12.6. The summed E-state index contributed by atoms with van der Waals surface area (Å²) in [7, 11) is 0. The number of carboxylic acid groups (broad SMARTS) is 1. The number of benzene rings is 3. The van der Waals surface area contributed by atoms with Crippen LogP contribution in [0, 0.1) is 0 Å². The van der Waals surface area contributed by atoms with E-state index in [2.05, 4.69) is 91.0 Å². The molecular formula is C30H33O3Sn. The monoisotopic (exact) mass is 561 g/mol. The van der Waals surface area contributed by atoms with Gasteiger partial charge in [-0.1, -0.05) is 20.8 Å². The van der Waals surface area contributed by atoms with Crippen molar-refractivity contribution < 1.29 is 14.3 Å². The van der Waals surface area contributed by atoms with E-state index in [-0.39, 0.29) is 11.2 Å². The van der Waals surface area contributed by atoms with Crippen LogP contribution in [0.3, 0.4) is 0 Å². The Bertz CT molecular complexity index is 1030. The van der Waals surface area contributed by atoms with Gasteiger partial charge in [-0.15, -0.1) is 0 Å². The number of furan rings is 1. The fourth-order valence-electron chi connectivity index (χ4n) is 3.70. The molecule has 0 aliphatic carbocycles. The molecule has 0 aliphatic heterocycles. The molecule has 1 N–H and O–H groups in total. The van der Waals surface area contributed by atoms with Crippen molar-refractivity contribution in [2.24, 2.45) is 0 Å². The Morgan fingerprint density at radius 2 is 1.06 bits per heavy atom. The van der Waals surface area contributed by atoms with Crippen molar-refractivity contribution in [3.63, 3.8) is 0 Å². The molecule has 1 aromatic heterocycles. The molecule has 3 aromatic carbocycles. The van der Waals surface area contributed by atoms with E-state index in [0.29, 0.717) is 5.76 Å². The van der Waals surface area contributed by atoms with Crippen molar-refractivity contribution in [1.82, 2.24) is 0 Å². The van der Waals surface area contributed by atoms with Crippen molar-refractivity contribution in [3.8, 4) is 0 Å². The molecule has 0 amide bonds. The molecule has 4 heteroatoms. The SMILES string of the molecule is CC(C)(C)c1ccc(C(=O)O)o1.c1ccc([CH2][Sn]([CH2]c2ccccc2)[CH2]c2ccccc2)cc1. The summed E-state index contributed by atoms with van der Waals surface area (Å²) in [5.74, 6) is -0.328. The van der Waals surface area contributed by atoms with Gasteiger partial charge in [-0.05, 0) is 12.1 Å². The summed E-state index contributed by atoms with van der Waals surface area (Å²) in [6.07, 6.45) is 0. The van der Waals surface area contributed by atoms with E-state index in [0.717, 1.165) is 0 Å². The Labute approximate surface area is 210 Å². The van der Waals surface area contributed by atoms with Crippen LogP contribution in [0.4, 0.5) is 0 Å². The minimum absolute atomic E-state index is 0.0000694. The van der Waals surface area contributed by atoms with Crippen molar-refractivity contribution in [1.29, 1.82) is 0 Å². The summed E-state index contributed by atoms with van der Waals surface area (Å²) in [4.78, 5) is 10.4. The van der Waals surface area contributed by atoms with Crippen molar-refractivity contribution >= 4 is 25.7 Å². The van der Waals surface area contributed by atoms with Gasteiger partial charge in [0.2, 0.25) is 5.76 Å². The summed E-state index contributed by atoms with van der Waals surface area (Å²) in [6.45, 7) is 5.91. The molecule has 0 atom stereocenters. The standard InChI is InChI=1S/C9H12O3.3C7H7.Sn/c1-9(2,3)7-5-4-6(12-7)8(10)11;3*1-7-5-3-2-4-6-7;/h4-5H,1-3H3,(H,10,11);3*2-6H,1H2;. The number of aromatic carboxylic acids is 1. The molecule has 1 radical (unpaired) electrons. The third-order valence-electron chi connectivity index (χ3n) is 5.45. The van der Waals surface area contributed by atoms with E-state index in [9.17, 15) is 4.79 Å². The topological polar surface area (TPSA) is 50.4 Å². The van der Waals surface area contributed by atoms with Crippen molar-refractivity contribution in [2.45, 2.75) is 39.5 Å². The van der Waals surface area contributed by atoms with Gasteiger partial charge in [0.1, 0.15) is 5.76 Å². The molecule has 4 aromatic rings. The normalized spacial score (nSPS) is 11.1. The molecule has 3 nitrogen and oxygen atoms in total. The molecule has 0 saturated carbocycles. The van der Waals surface area contributed by atoms with Crippen LogP contribution >= 0.6 is 0 Å². The van der Waals surface area contributed by atoms with Crippen molar-refractivity contribution in [3.05, 3.63) is 131 Å². The van der Waals surface area contributed by atoms with Gasteiger partial charge < -0.3 is 9.52 Å². The van der Waals surface area contributed by atoms with E-state index in [4.69, 9.17) is 9.52 Å². The molecule has 0 fully saturated rings. The molecule has 0 saturated heterocycles. The summed E-state index contributed by atoms with van der Waals surface area (Å²) in [5, 5.41) is 8.57. The summed E-state index contributed by atoms with van der Waals surface area (Å²) < 4.78 is 9.09. The first kappa shape index (κ1) is 25.8. The zero-order valence-electron chi connectivity index (χ0n) is 20.2. The van der Waals surface area contributed by atoms with E-state index in [1.807, 2.05) is 20.8 Å². The molecule has 4 rings (SSSR count). The van der Waals surface area contributed by atoms with Gasteiger partial charge in [0.15, 0.2) is 0 Å². The summed E-state index contributed by atoms with van der Waals surface area (Å²) >= 11 is -1.56. The molecule has 175 valence electrons. The first-order valence-corrected chi connectivity index (χ1v) is 17.7. The van der Waals surface area contributed by atoms with Gasteiger partial charge in [-0.2, -0.15) is 0 Å². The number of hydrogen-bond donors (Lipinski definition) is 1. The third-order valence-corrected chi connectivity index (χ3v) is 13.2. The Kier molecular flexibility index (Phi) is 9.58. The summed E-state index contributed by atoms with van der Waals surface area (Å²) in [5.41, 5.74) is 4.42. The average Bonchev–Trinajstić information content (AvgIpc) is 3.33. The molecule has 0 aliphatic rings. The maximum absolute atomic E-state index is 10.4. The van der Waals surface area contributed by atoms with E-state index >= 15 is 0 Å². The molecule has 34 heavy (non-hydrogen) atoms. The van der Waals surface area contributed by atoms with Crippen LogP contribution in [0.25, 0.3) is 0 Å². The molecule has 0 unspecified atom stereocenters. The van der Waals surface area contributed by atoms with Gasteiger partial charge in [0.05, 0.1) is 0 Å². The zero-order chi connectivity index (χ0) is 24.4. The maximum atomic E-state index is 10.4. The van der Waals surface area contributed by atoms with Crippen LogP contribution in [0.5, 0.6) is 0 Å². The number of rotatable bonds is 7. The zero-order valence-corrected chi connectivity index (χ0v) is 23.1. The van der Waals surface area contributed by atoms with Crippen LogP contribution < -0.4 is 0 Å². The van der Waals surface area contributed by atoms with Gasteiger partial charge in [-0.25, -0.2) is 4.79 Å². The van der Waals surface area contributed by atoms with Gasteiger partial charge in [0.25, 0.3) is 0 Å². The van der Waals surface area contributed by atoms with Crippen molar-refractivity contribution in [2.75, 3.05) is 0 Å². The number of carboxylic acids is 1. The summed E-state index contributed by atoms with van der Waals surface area (Å²) in [6, 6.07) is 36.2. The molecule has 1 heterocycles. The Morgan fingerprint density at radius 3 is 1.32 bits per heavy atom. The van der Waals surface area contributed by atoms with Gasteiger partial charge in [0, 0.05) is 5.41 Å². The second-order valence-corrected chi connectivity index (χ2v) is 16.8. The Balaban J connectivity index is 0.000000229. The van der Waals surface area contributed by atoms with Crippen LogP contribution in [-0.4, -0.2) is 30.8 Å². The first-order valence-electron chi connectivity index (χ1n) is 11.6. The van der Waals surface area contributed by atoms with Gasteiger partial charge in [-0.3, -0.25) is 0 Å². The number of hydrogen-bond acceptors (Lipinski definition) is 2. The molecular weight excluding hydrogens is 527 g/mol. The quantitative estimate of drug-likeness (QED) is 0.246. The van der Waals surface area contributed by atoms with E-state index < -0.39 is 25.7 Å². The van der Waals surface area contributed by atoms with E-state index in [1.165, 1.54) is 36.1 Å². The third kappa shape index (κ3) is 8.53. The average molecular weight is 560 g/mol. The van der Waals surface area contributed by atoms with Crippen LogP contribution in [0.15, 0.2) is 108 Å². The molecule has 0 spiro atoms. The fraction of sp³-hybridized carbons (Fsp3) is 0.233. The van der Waals surface area contributed by atoms with E-state index in [1.54, 1.807) is 6.07 Å². The fourth-order valence-corrected chi connectivity index (χ4v) is 11.7. The van der Waals surface area contributed by atoms with Crippen LogP contribution in [0.1, 0.15) is 53.8 Å². The predicted molar refractivity (Wildman–Crippen MR) is 141 cm³/mol. The first-order chi connectivity index (χ1) is 16.3.